The van der Waals surface area contributed by atoms with Crippen LogP contribution in [0.15, 0.2) is 16.5 Å². The molecule has 0 saturated carbocycles. The van der Waals surface area contributed by atoms with Crippen molar-refractivity contribution < 1.29 is 15.0 Å². The van der Waals surface area contributed by atoms with Gasteiger partial charge in [0.25, 0.3) is 0 Å². The minimum Gasteiger partial charge on any atom is -0.508 e. The molecule has 0 aromatic heterocycles. The van der Waals surface area contributed by atoms with Crippen LogP contribution in [-0.2, 0) is 4.79 Å². The van der Waals surface area contributed by atoms with Crippen LogP contribution in [0.5, 0.6) is 0 Å². The Labute approximate surface area is 63.9 Å². The molecule has 1 rings (SSSR count). The number of aliphatic imine (C=N–C) groups is 1. The SMILES string of the molecule is CCC1C=NC(=O)C(O)=C1O. The van der Waals surface area contributed by atoms with Gasteiger partial charge in [0.2, 0.25) is 5.76 Å². The standard InChI is InChI=1S/C7H9NO3/c1-2-4-3-8-7(11)6(10)5(4)9/h3-4,9-10H,2H2,1H3. The fraction of sp³-hybridized carbons (Fsp3) is 0.429. The molecule has 2 N–H and O–H groups in total. The van der Waals surface area contributed by atoms with Gasteiger partial charge in [-0.3, -0.25) is 4.79 Å². The molecule has 11 heavy (non-hydrogen) atoms. The molecule has 0 radical (unpaired) electrons. The van der Waals surface area contributed by atoms with Crippen LogP contribution in [0.3, 0.4) is 0 Å². The number of carbonyl (C=O) groups excluding carboxylic acids is 1. The van der Waals surface area contributed by atoms with Crippen LogP contribution >= 0.6 is 0 Å². The van der Waals surface area contributed by atoms with E-state index in [0.29, 0.717) is 6.42 Å². The molecule has 4 heteroatoms. The number of dihydropyridines is 1. The second kappa shape index (κ2) is 2.74. The first kappa shape index (κ1) is 7.78. The molecular formula is C7H9NO3. The summed E-state index contributed by atoms with van der Waals surface area (Å²) in [5, 5.41) is 18.0. The van der Waals surface area contributed by atoms with E-state index < -0.39 is 11.7 Å². The van der Waals surface area contributed by atoms with E-state index in [1.54, 1.807) is 0 Å². The van der Waals surface area contributed by atoms with Crippen molar-refractivity contribution in [1.29, 1.82) is 0 Å². The van der Waals surface area contributed by atoms with Gasteiger partial charge in [-0.15, -0.1) is 0 Å². The molecule has 1 atom stereocenters. The Kier molecular flexibility index (Phi) is 1.94. The molecule has 1 unspecified atom stereocenters. The zero-order valence-electron chi connectivity index (χ0n) is 6.11. The zero-order valence-corrected chi connectivity index (χ0v) is 6.11. The molecule has 0 saturated heterocycles. The number of nitrogens with zero attached hydrogens (tertiary/aromatic N) is 1. The van der Waals surface area contributed by atoms with Crippen molar-refractivity contribution in [2.45, 2.75) is 13.3 Å². The smallest absolute Gasteiger partial charge is 0.315 e. The summed E-state index contributed by atoms with van der Waals surface area (Å²) in [5.41, 5.74) is 0. The third-order valence-corrected chi connectivity index (χ3v) is 1.61. The first-order valence-corrected chi connectivity index (χ1v) is 3.37. The normalized spacial score (nSPS) is 24.5. The van der Waals surface area contributed by atoms with Gasteiger partial charge in [0.15, 0.2) is 0 Å². The van der Waals surface area contributed by atoms with Crippen LogP contribution in [0.25, 0.3) is 0 Å². The number of rotatable bonds is 1. The topological polar surface area (TPSA) is 69.9 Å². The number of hydrogen-bond acceptors (Lipinski definition) is 3. The number of aliphatic hydroxyl groups excluding tert-OH is 2. The quantitative estimate of drug-likeness (QED) is 0.592. The maximum absolute atomic E-state index is 10.6. The lowest BCUT2D eigenvalue weighted by Gasteiger charge is -2.12. The summed E-state index contributed by atoms with van der Waals surface area (Å²) in [6, 6.07) is 0. The van der Waals surface area contributed by atoms with Crippen molar-refractivity contribution >= 4 is 12.1 Å². The van der Waals surface area contributed by atoms with Crippen molar-refractivity contribution in [2.75, 3.05) is 0 Å². The van der Waals surface area contributed by atoms with E-state index in [4.69, 9.17) is 10.2 Å². The monoisotopic (exact) mass is 155 g/mol. The van der Waals surface area contributed by atoms with Crippen molar-refractivity contribution in [3.8, 4) is 0 Å². The third-order valence-electron chi connectivity index (χ3n) is 1.61. The summed E-state index contributed by atoms with van der Waals surface area (Å²) in [6.45, 7) is 1.83. The molecule has 0 bridgehead atoms. The second-order valence-corrected chi connectivity index (χ2v) is 2.33. The summed E-state index contributed by atoms with van der Waals surface area (Å²) < 4.78 is 0. The molecule has 0 aromatic rings. The van der Waals surface area contributed by atoms with Crippen molar-refractivity contribution in [2.24, 2.45) is 10.9 Å². The van der Waals surface area contributed by atoms with Gasteiger partial charge in [-0.25, -0.2) is 4.99 Å². The zero-order chi connectivity index (χ0) is 8.43. The summed E-state index contributed by atoms with van der Waals surface area (Å²) >= 11 is 0. The Balaban J connectivity index is 2.94. The van der Waals surface area contributed by atoms with Gasteiger partial charge >= 0.3 is 5.91 Å². The molecule has 0 fully saturated rings. The van der Waals surface area contributed by atoms with Crippen LogP contribution in [0.2, 0.25) is 0 Å². The van der Waals surface area contributed by atoms with Crippen molar-refractivity contribution in [3.63, 3.8) is 0 Å². The highest BCUT2D eigenvalue weighted by molar-refractivity contribution is 6.00. The first-order valence-electron chi connectivity index (χ1n) is 3.37. The molecule has 1 amide bonds. The molecule has 4 nitrogen and oxygen atoms in total. The fourth-order valence-electron chi connectivity index (χ4n) is 0.873. The first-order chi connectivity index (χ1) is 5.16. The largest absolute Gasteiger partial charge is 0.508 e. The van der Waals surface area contributed by atoms with E-state index in [-0.39, 0.29) is 11.7 Å². The predicted molar refractivity (Wildman–Crippen MR) is 39.6 cm³/mol. The Morgan fingerprint density at radius 1 is 1.64 bits per heavy atom. The Hall–Kier alpha value is -1.32. The highest BCUT2D eigenvalue weighted by Crippen LogP contribution is 2.17. The molecule has 1 heterocycles. The van der Waals surface area contributed by atoms with E-state index >= 15 is 0 Å². The molecule has 0 aliphatic carbocycles. The summed E-state index contributed by atoms with van der Waals surface area (Å²) in [4.78, 5) is 14.0. The average Bonchev–Trinajstić information content (AvgIpc) is 2.01. The van der Waals surface area contributed by atoms with Gasteiger partial charge in [-0.1, -0.05) is 6.92 Å². The van der Waals surface area contributed by atoms with Crippen LogP contribution in [0.4, 0.5) is 0 Å². The van der Waals surface area contributed by atoms with E-state index in [9.17, 15) is 4.79 Å². The highest BCUT2D eigenvalue weighted by atomic mass is 16.3. The van der Waals surface area contributed by atoms with Crippen LogP contribution < -0.4 is 0 Å². The molecule has 0 spiro atoms. The summed E-state index contributed by atoms with van der Waals surface area (Å²) in [6.07, 6.45) is 1.96. The lowest BCUT2D eigenvalue weighted by Crippen LogP contribution is -2.17. The highest BCUT2D eigenvalue weighted by Gasteiger charge is 2.23. The molecule has 60 valence electrons. The third kappa shape index (κ3) is 1.24. The molecule has 1 aliphatic rings. The Morgan fingerprint density at radius 3 is 2.82 bits per heavy atom. The van der Waals surface area contributed by atoms with Crippen LogP contribution in [0, 0.1) is 5.92 Å². The molecule has 0 aromatic carbocycles. The van der Waals surface area contributed by atoms with Crippen molar-refractivity contribution in [3.05, 3.63) is 11.5 Å². The Morgan fingerprint density at radius 2 is 2.27 bits per heavy atom. The maximum atomic E-state index is 10.6. The fourth-order valence-corrected chi connectivity index (χ4v) is 0.873. The minimum absolute atomic E-state index is 0.271. The van der Waals surface area contributed by atoms with E-state index in [2.05, 4.69) is 4.99 Å². The number of hydrogen-bond donors (Lipinski definition) is 2. The average molecular weight is 155 g/mol. The lowest BCUT2D eigenvalue weighted by molar-refractivity contribution is -0.117. The van der Waals surface area contributed by atoms with Gasteiger partial charge in [0, 0.05) is 6.21 Å². The van der Waals surface area contributed by atoms with Crippen LogP contribution in [-0.4, -0.2) is 22.3 Å². The van der Waals surface area contributed by atoms with Crippen molar-refractivity contribution in [1.82, 2.24) is 0 Å². The summed E-state index contributed by atoms with van der Waals surface area (Å²) in [7, 11) is 0. The maximum Gasteiger partial charge on any atom is 0.315 e. The van der Waals surface area contributed by atoms with E-state index in [0.717, 1.165) is 0 Å². The number of amides is 1. The van der Waals surface area contributed by atoms with Gasteiger partial charge in [0.05, 0.1) is 5.92 Å². The second-order valence-electron chi connectivity index (χ2n) is 2.33. The number of allylic oxidation sites excluding steroid dienone is 1. The number of aliphatic hydroxyl groups is 2. The van der Waals surface area contributed by atoms with E-state index in [1.165, 1.54) is 6.21 Å². The van der Waals surface area contributed by atoms with E-state index in [1.807, 2.05) is 6.92 Å². The van der Waals surface area contributed by atoms with Gasteiger partial charge in [-0.05, 0) is 6.42 Å². The predicted octanol–water partition coefficient (Wildman–Crippen LogP) is 0.951. The number of carbonyl (C=O) groups is 1. The van der Waals surface area contributed by atoms with Gasteiger partial charge in [0.1, 0.15) is 5.76 Å². The summed E-state index contributed by atoms with van der Waals surface area (Å²) in [5.74, 6) is -1.98. The lowest BCUT2D eigenvalue weighted by atomic mass is 10.0. The molecular weight excluding hydrogens is 146 g/mol. The van der Waals surface area contributed by atoms with Gasteiger partial charge in [-0.2, -0.15) is 0 Å². The Bertz CT molecular complexity index is 242. The van der Waals surface area contributed by atoms with Gasteiger partial charge < -0.3 is 10.2 Å². The van der Waals surface area contributed by atoms with Crippen LogP contribution in [0.1, 0.15) is 13.3 Å². The minimum atomic E-state index is -0.771. The molecule has 1 aliphatic heterocycles.